The number of carbonyl (C=O) groups excluding carboxylic acids is 1. The average molecular weight is 587 g/mol. The van der Waals surface area contributed by atoms with Gasteiger partial charge in [0.2, 0.25) is 10.0 Å². The first-order chi connectivity index (χ1) is 19.5. The van der Waals surface area contributed by atoms with Crippen LogP contribution < -0.4 is 9.62 Å². The first-order valence-electron chi connectivity index (χ1n) is 13.7. The second kappa shape index (κ2) is 11.8. The fourth-order valence-electron chi connectivity index (χ4n) is 5.88. The maximum absolute atomic E-state index is 13.5. The van der Waals surface area contributed by atoms with Gasteiger partial charge in [-0.1, -0.05) is 24.3 Å². The quantitative estimate of drug-likeness (QED) is 0.404. The van der Waals surface area contributed by atoms with Crippen molar-refractivity contribution in [2.24, 2.45) is 0 Å². The zero-order valence-electron chi connectivity index (χ0n) is 22.8. The number of rotatable bonds is 7. The van der Waals surface area contributed by atoms with E-state index in [1.807, 2.05) is 18.2 Å². The Kier molecular flexibility index (Phi) is 8.37. The number of piperidine rings is 1. The minimum absolute atomic E-state index is 0.0691. The molecule has 218 valence electrons. The number of carbonyl (C=O) groups is 1. The number of nitrogens with zero attached hydrogens (tertiary/aromatic N) is 3. The summed E-state index contributed by atoms with van der Waals surface area (Å²) >= 11 is 0. The van der Waals surface area contributed by atoms with Crippen LogP contribution in [0.3, 0.4) is 0 Å². The van der Waals surface area contributed by atoms with E-state index in [9.17, 15) is 26.4 Å². The molecule has 1 unspecified atom stereocenters. The molecular weight excluding hydrogens is 553 g/mol. The lowest BCUT2D eigenvalue weighted by Gasteiger charge is -2.38. The monoisotopic (exact) mass is 586 g/mol. The summed E-state index contributed by atoms with van der Waals surface area (Å²) in [4.78, 5) is 21.6. The van der Waals surface area contributed by atoms with Crippen molar-refractivity contribution in [2.75, 3.05) is 25.0 Å². The topological polar surface area (TPSA) is 82.6 Å². The van der Waals surface area contributed by atoms with Crippen LogP contribution in [0.15, 0.2) is 67.0 Å². The molecule has 1 aliphatic carbocycles. The Morgan fingerprint density at radius 2 is 1.76 bits per heavy atom. The molecule has 1 atom stereocenters. The number of benzene rings is 2. The Balaban J connectivity index is 1.28. The smallest absolute Gasteiger partial charge is 0.371 e. The van der Waals surface area contributed by atoms with Crippen LogP contribution in [0.2, 0.25) is 0 Å². The molecule has 2 aliphatic rings. The van der Waals surface area contributed by atoms with Crippen molar-refractivity contribution in [3.8, 4) is 0 Å². The zero-order valence-corrected chi connectivity index (χ0v) is 23.6. The number of aryl methyl sites for hydroxylation is 1. The molecule has 3 aromatic rings. The van der Waals surface area contributed by atoms with E-state index in [1.54, 1.807) is 36.5 Å². The fraction of sp³-hybridized carbons (Fsp3) is 0.400. The van der Waals surface area contributed by atoms with E-state index < -0.39 is 33.6 Å². The summed E-state index contributed by atoms with van der Waals surface area (Å²) < 4.78 is 69.1. The lowest BCUT2D eigenvalue weighted by atomic mass is 9.87. The highest BCUT2D eigenvalue weighted by molar-refractivity contribution is 7.88. The van der Waals surface area contributed by atoms with Crippen LogP contribution in [0, 0.1) is 0 Å². The minimum atomic E-state index is -4.65. The second-order valence-corrected chi connectivity index (χ2v) is 12.5. The summed E-state index contributed by atoms with van der Waals surface area (Å²) in [5.41, 5.74) is 1.95. The Labute approximate surface area is 238 Å². The van der Waals surface area contributed by atoms with Gasteiger partial charge in [0.15, 0.2) is 0 Å². The third kappa shape index (κ3) is 6.73. The number of sulfonamides is 1. The fourth-order valence-corrected chi connectivity index (χ4v) is 7.30. The van der Waals surface area contributed by atoms with Gasteiger partial charge in [0.1, 0.15) is 0 Å². The number of halogens is 3. The van der Waals surface area contributed by atoms with Gasteiger partial charge in [-0.3, -0.25) is 9.78 Å². The largest absolute Gasteiger partial charge is 0.416 e. The van der Waals surface area contributed by atoms with Gasteiger partial charge in [-0.2, -0.15) is 13.2 Å². The molecule has 1 N–H and O–H groups in total. The van der Waals surface area contributed by atoms with Crippen molar-refractivity contribution in [2.45, 2.75) is 56.1 Å². The van der Waals surface area contributed by atoms with Crippen LogP contribution in [0.25, 0.3) is 0 Å². The van der Waals surface area contributed by atoms with E-state index in [2.05, 4.69) is 14.6 Å². The molecule has 7 nitrogen and oxygen atoms in total. The molecule has 0 spiro atoms. The van der Waals surface area contributed by atoms with Crippen molar-refractivity contribution < 1.29 is 26.4 Å². The molecule has 1 fully saturated rings. The van der Waals surface area contributed by atoms with Crippen LogP contribution in [0.1, 0.15) is 64.3 Å². The summed E-state index contributed by atoms with van der Waals surface area (Å²) in [6.45, 7) is 1.63. The average Bonchev–Trinajstić information content (AvgIpc) is 2.96. The molecule has 2 aromatic carbocycles. The van der Waals surface area contributed by atoms with Gasteiger partial charge in [-0.25, -0.2) is 13.1 Å². The number of pyridine rings is 1. The van der Waals surface area contributed by atoms with E-state index in [0.29, 0.717) is 17.5 Å². The first kappa shape index (κ1) is 29.1. The molecule has 1 amide bonds. The maximum Gasteiger partial charge on any atom is 0.416 e. The third-order valence-electron chi connectivity index (χ3n) is 8.06. The maximum atomic E-state index is 13.5. The number of alkyl halides is 3. The Morgan fingerprint density at radius 3 is 2.46 bits per heavy atom. The van der Waals surface area contributed by atoms with Gasteiger partial charge < -0.3 is 9.80 Å². The van der Waals surface area contributed by atoms with Crippen molar-refractivity contribution in [1.82, 2.24) is 14.6 Å². The van der Waals surface area contributed by atoms with Crippen LogP contribution in [-0.2, 0) is 28.4 Å². The van der Waals surface area contributed by atoms with Crippen molar-refractivity contribution in [3.05, 3.63) is 94.8 Å². The number of nitrogens with one attached hydrogen (secondary N) is 1. The summed E-state index contributed by atoms with van der Waals surface area (Å²) in [6.07, 6.45) is 2.47. The highest BCUT2D eigenvalue weighted by atomic mass is 32.2. The van der Waals surface area contributed by atoms with Crippen molar-refractivity contribution in [3.63, 3.8) is 0 Å². The lowest BCUT2D eigenvalue weighted by molar-refractivity contribution is -0.138. The van der Waals surface area contributed by atoms with Gasteiger partial charge in [0, 0.05) is 55.9 Å². The molecule has 11 heteroatoms. The van der Waals surface area contributed by atoms with E-state index >= 15 is 0 Å². The first-order valence-corrected chi connectivity index (χ1v) is 15.4. The normalized spacial score (nSPS) is 18.1. The third-order valence-corrected chi connectivity index (χ3v) is 9.39. The summed E-state index contributed by atoms with van der Waals surface area (Å²) in [6, 6.07) is 13.5. The second-order valence-electron chi connectivity index (χ2n) is 10.7. The number of amides is 1. The lowest BCUT2D eigenvalue weighted by Crippen LogP contribution is -2.45. The van der Waals surface area contributed by atoms with Crippen LogP contribution in [0.4, 0.5) is 18.9 Å². The molecule has 0 saturated carbocycles. The molecule has 0 radical (unpaired) electrons. The van der Waals surface area contributed by atoms with Gasteiger partial charge in [0.05, 0.1) is 11.3 Å². The zero-order chi connectivity index (χ0) is 29.2. The number of anilines is 1. The molecule has 5 rings (SSSR count). The summed E-state index contributed by atoms with van der Waals surface area (Å²) in [7, 11) is -2.31. The summed E-state index contributed by atoms with van der Waals surface area (Å²) in [5.74, 6) is -0.921. The highest BCUT2D eigenvalue weighted by Gasteiger charge is 2.35. The number of hydrogen-bond acceptors (Lipinski definition) is 5. The van der Waals surface area contributed by atoms with Crippen LogP contribution in [0.5, 0.6) is 0 Å². The van der Waals surface area contributed by atoms with Gasteiger partial charge in [-0.05, 0) is 79.1 Å². The van der Waals surface area contributed by atoms with E-state index in [0.717, 1.165) is 56.1 Å². The standard InChI is InChI=1S/C30H33F3N4O3S/c1-36(24-13-17-37(18-14-24)25-11-15-34-16-12-25)29(38)22-10-9-21-6-4-8-28(26(21)19-22)35-41(39,40)20-23-5-2-3-7-27(23)30(31,32)33/h2-3,5,7,9-12,15-16,19,24,28,35H,4,6,8,13-14,17-18,20H2,1H3. The molecule has 41 heavy (non-hydrogen) atoms. The van der Waals surface area contributed by atoms with E-state index in [4.69, 9.17) is 0 Å². The molecular formula is C30H33F3N4O3S. The Morgan fingerprint density at radius 1 is 1.05 bits per heavy atom. The van der Waals surface area contributed by atoms with E-state index in [-0.39, 0.29) is 17.5 Å². The van der Waals surface area contributed by atoms with Gasteiger partial charge >= 0.3 is 6.18 Å². The molecule has 1 saturated heterocycles. The van der Waals surface area contributed by atoms with Gasteiger partial charge in [0.25, 0.3) is 5.91 Å². The number of aromatic nitrogens is 1. The predicted molar refractivity (Wildman–Crippen MR) is 151 cm³/mol. The SMILES string of the molecule is CN(C(=O)c1ccc2c(c1)C(NS(=O)(=O)Cc1ccccc1C(F)(F)F)CCC2)C1CCN(c2ccncc2)CC1. The predicted octanol–water partition coefficient (Wildman–Crippen LogP) is 5.34. The molecule has 1 aliphatic heterocycles. The Bertz CT molecular complexity index is 1490. The summed E-state index contributed by atoms with van der Waals surface area (Å²) in [5, 5.41) is 0. The van der Waals surface area contributed by atoms with Crippen molar-refractivity contribution in [1.29, 1.82) is 0 Å². The molecule has 1 aromatic heterocycles. The highest BCUT2D eigenvalue weighted by Crippen LogP contribution is 2.35. The number of fused-ring (bicyclic) bond motifs is 1. The van der Waals surface area contributed by atoms with E-state index in [1.165, 1.54) is 18.2 Å². The molecule has 2 heterocycles. The van der Waals surface area contributed by atoms with Crippen molar-refractivity contribution >= 4 is 21.6 Å². The minimum Gasteiger partial charge on any atom is -0.371 e. The Hall–Kier alpha value is -3.44. The van der Waals surface area contributed by atoms with Crippen LogP contribution >= 0.6 is 0 Å². The number of hydrogen-bond donors (Lipinski definition) is 1. The molecule has 0 bridgehead atoms. The van der Waals surface area contributed by atoms with Gasteiger partial charge in [-0.15, -0.1) is 0 Å². The van der Waals surface area contributed by atoms with Crippen LogP contribution in [-0.4, -0.2) is 50.4 Å².